The number of nitrogens with one attached hydrogen (secondary N) is 2. The van der Waals surface area contributed by atoms with Crippen LogP contribution in [0.25, 0.3) is 0 Å². The van der Waals surface area contributed by atoms with E-state index < -0.39 is 11.9 Å². The normalized spacial score (nSPS) is 19.0. The van der Waals surface area contributed by atoms with Gasteiger partial charge in [-0.05, 0) is 38.7 Å². The zero-order valence-corrected chi connectivity index (χ0v) is 16.9. The van der Waals surface area contributed by atoms with Gasteiger partial charge in [0.2, 0.25) is 5.91 Å². The van der Waals surface area contributed by atoms with E-state index in [1.165, 1.54) is 21.9 Å². The Hall–Kier alpha value is -2.94. The molecular formula is C20H26FN5O3. The van der Waals surface area contributed by atoms with E-state index in [-0.39, 0.29) is 30.9 Å². The van der Waals surface area contributed by atoms with Crippen molar-refractivity contribution in [3.63, 3.8) is 0 Å². The fourth-order valence-electron chi connectivity index (χ4n) is 3.60. The summed E-state index contributed by atoms with van der Waals surface area (Å²) in [5.74, 6) is -1.03. The van der Waals surface area contributed by atoms with Crippen LogP contribution >= 0.6 is 0 Å². The van der Waals surface area contributed by atoms with Gasteiger partial charge in [0.1, 0.15) is 12.4 Å². The highest BCUT2D eigenvalue weighted by molar-refractivity contribution is 6.03. The van der Waals surface area contributed by atoms with Crippen molar-refractivity contribution < 1.29 is 18.8 Å². The summed E-state index contributed by atoms with van der Waals surface area (Å²) < 4.78 is 13.7. The Labute approximate surface area is 169 Å². The largest absolute Gasteiger partial charge is 0.353 e. The van der Waals surface area contributed by atoms with E-state index in [9.17, 15) is 18.8 Å². The number of benzene rings is 1. The van der Waals surface area contributed by atoms with E-state index in [1.807, 2.05) is 25.9 Å². The van der Waals surface area contributed by atoms with E-state index in [2.05, 4.69) is 10.6 Å². The van der Waals surface area contributed by atoms with Crippen molar-refractivity contribution >= 4 is 17.8 Å². The van der Waals surface area contributed by atoms with Crippen molar-refractivity contribution in [1.82, 2.24) is 25.3 Å². The number of likely N-dealkylation sites (N-methyl/N-ethyl adjacent to an activating group) is 2. The molecule has 2 aliphatic heterocycles. The van der Waals surface area contributed by atoms with Gasteiger partial charge in [-0.2, -0.15) is 0 Å². The zero-order valence-electron chi connectivity index (χ0n) is 16.9. The van der Waals surface area contributed by atoms with Crippen LogP contribution in [0.3, 0.4) is 0 Å². The first-order chi connectivity index (χ1) is 13.8. The smallest absolute Gasteiger partial charge is 0.322 e. The van der Waals surface area contributed by atoms with Gasteiger partial charge in [-0.1, -0.05) is 12.1 Å². The summed E-state index contributed by atoms with van der Waals surface area (Å²) >= 11 is 0. The molecule has 3 rings (SSSR count). The van der Waals surface area contributed by atoms with Gasteiger partial charge in [0.25, 0.3) is 5.91 Å². The Morgan fingerprint density at radius 3 is 2.76 bits per heavy atom. The number of amides is 4. The molecule has 2 heterocycles. The molecule has 4 amide bonds. The minimum Gasteiger partial charge on any atom is -0.353 e. The molecule has 9 heteroatoms. The van der Waals surface area contributed by atoms with Crippen LogP contribution in [0.15, 0.2) is 35.5 Å². The van der Waals surface area contributed by atoms with E-state index in [0.717, 1.165) is 0 Å². The molecular weight excluding hydrogens is 377 g/mol. The first-order valence-electron chi connectivity index (χ1n) is 9.59. The standard InChI is InChI=1S/C20H26FN5O3/c1-4-26-15-11-25(12-16(27)22-8-9-24(2)3)19(28)17(15)18(23-20(26)29)13-6-5-7-14(21)10-13/h5-7,10,18H,4,8-9,11-12H2,1-3H3,(H,22,27)(H,23,29). The Morgan fingerprint density at radius 1 is 1.34 bits per heavy atom. The second kappa shape index (κ2) is 8.60. The van der Waals surface area contributed by atoms with Crippen molar-refractivity contribution in [1.29, 1.82) is 0 Å². The van der Waals surface area contributed by atoms with Crippen LogP contribution in [0.4, 0.5) is 9.18 Å². The summed E-state index contributed by atoms with van der Waals surface area (Å²) in [6.07, 6.45) is 0. The van der Waals surface area contributed by atoms with Crippen molar-refractivity contribution in [2.75, 3.05) is 46.8 Å². The predicted molar refractivity (Wildman–Crippen MR) is 105 cm³/mol. The fourth-order valence-corrected chi connectivity index (χ4v) is 3.60. The number of urea groups is 1. The third-order valence-electron chi connectivity index (χ3n) is 5.01. The van der Waals surface area contributed by atoms with Gasteiger partial charge in [-0.25, -0.2) is 9.18 Å². The molecule has 0 aliphatic carbocycles. The van der Waals surface area contributed by atoms with Crippen molar-refractivity contribution in [2.24, 2.45) is 0 Å². The average Bonchev–Trinajstić information content (AvgIpc) is 2.97. The molecule has 1 atom stereocenters. The summed E-state index contributed by atoms with van der Waals surface area (Å²) in [7, 11) is 3.81. The monoisotopic (exact) mass is 403 g/mol. The number of halogens is 1. The predicted octanol–water partition coefficient (Wildman–Crippen LogP) is 0.686. The molecule has 0 saturated heterocycles. The topological polar surface area (TPSA) is 85.0 Å². The Bertz CT molecular complexity index is 854. The molecule has 0 aromatic heterocycles. The number of hydrogen-bond acceptors (Lipinski definition) is 4. The summed E-state index contributed by atoms with van der Waals surface area (Å²) in [4.78, 5) is 42.8. The molecule has 0 saturated carbocycles. The number of hydrogen-bond donors (Lipinski definition) is 2. The van der Waals surface area contributed by atoms with Gasteiger partial charge < -0.3 is 20.4 Å². The summed E-state index contributed by atoms with van der Waals surface area (Å²) in [6.45, 7) is 3.44. The lowest BCUT2D eigenvalue weighted by Crippen LogP contribution is -2.47. The molecule has 0 fully saturated rings. The van der Waals surface area contributed by atoms with Crippen molar-refractivity contribution in [3.8, 4) is 0 Å². The minimum atomic E-state index is -0.745. The highest BCUT2D eigenvalue weighted by atomic mass is 19.1. The Kier molecular flexibility index (Phi) is 6.17. The van der Waals surface area contributed by atoms with Gasteiger partial charge in [0.05, 0.1) is 23.9 Å². The number of carbonyl (C=O) groups excluding carboxylic acids is 3. The molecule has 1 aromatic carbocycles. The van der Waals surface area contributed by atoms with Crippen LogP contribution in [0.1, 0.15) is 18.5 Å². The number of rotatable bonds is 7. The Balaban J connectivity index is 1.81. The molecule has 0 bridgehead atoms. The van der Waals surface area contributed by atoms with E-state index in [1.54, 1.807) is 12.1 Å². The van der Waals surface area contributed by atoms with Crippen molar-refractivity contribution in [3.05, 3.63) is 46.9 Å². The number of nitrogens with zero attached hydrogens (tertiary/aromatic N) is 3. The van der Waals surface area contributed by atoms with Crippen LogP contribution in [-0.4, -0.2) is 79.4 Å². The number of carbonyl (C=O) groups is 3. The first kappa shape index (κ1) is 20.8. The Morgan fingerprint density at radius 2 is 2.10 bits per heavy atom. The quantitative estimate of drug-likeness (QED) is 0.702. The van der Waals surface area contributed by atoms with Gasteiger partial charge in [-0.15, -0.1) is 0 Å². The van der Waals surface area contributed by atoms with Gasteiger partial charge in [0.15, 0.2) is 0 Å². The van der Waals surface area contributed by atoms with Crippen LogP contribution in [-0.2, 0) is 9.59 Å². The van der Waals surface area contributed by atoms with Crippen LogP contribution in [0, 0.1) is 5.82 Å². The van der Waals surface area contributed by atoms with Crippen LogP contribution < -0.4 is 10.6 Å². The molecule has 29 heavy (non-hydrogen) atoms. The van der Waals surface area contributed by atoms with E-state index in [4.69, 9.17) is 0 Å². The first-order valence-corrected chi connectivity index (χ1v) is 9.59. The van der Waals surface area contributed by atoms with Crippen molar-refractivity contribution in [2.45, 2.75) is 13.0 Å². The lowest BCUT2D eigenvalue weighted by molar-refractivity contribution is -0.131. The molecule has 156 valence electrons. The lowest BCUT2D eigenvalue weighted by atomic mass is 9.95. The maximum absolute atomic E-state index is 13.7. The van der Waals surface area contributed by atoms with Gasteiger partial charge >= 0.3 is 6.03 Å². The molecule has 2 aliphatic rings. The zero-order chi connectivity index (χ0) is 21.1. The molecule has 2 N–H and O–H groups in total. The van der Waals surface area contributed by atoms with Crippen LogP contribution in [0.5, 0.6) is 0 Å². The molecule has 8 nitrogen and oxygen atoms in total. The fraction of sp³-hybridized carbons (Fsp3) is 0.450. The minimum absolute atomic E-state index is 0.0964. The molecule has 1 unspecified atom stereocenters. The van der Waals surface area contributed by atoms with E-state index in [0.29, 0.717) is 36.5 Å². The third kappa shape index (κ3) is 4.40. The maximum Gasteiger partial charge on any atom is 0.322 e. The highest BCUT2D eigenvalue weighted by Gasteiger charge is 2.44. The van der Waals surface area contributed by atoms with Gasteiger partial charge in [0, 0.05) is 19.6 Å². The average molecular weight is 403 g/mol. The third-order valence-corrected chi connectivity index (χ3v) is 5.01. The second-order valence-corrected chi connectivity index (χ2v) is 7.36. The SMILES string of the molecule is CCN1C(=O)NC(c2cccc(F)c2)C2=C1CN(CC(=O)NCCN(C)C)C2=O. The molecule has 1 aromatic rings. The maximum atomic E-state index is 13.7. The summed E-state index contributed by atoms with van der Waals surface area (Å²) in [5, 5.41) is 5.58. The molecule has 0 spiro atoms. The second-order valence-electron chi connectivity index (χ2n) is 7.36. The highest BCUT2D eigenvalue weighted by Crippen LogP contribution is 2.36. The summed E-state index contributed by atoms with van der Waals surface area (Å²) in [5.41, 5.74) is 1.45. The van der Waals surface area contributed by atoms with Crippen LogP contribution in [0.2, 0.25) is 0 Å². The summed E-state index contributed by atoms with van der Waals surface area (Å²) in [6, 6.07) is 4.74. The van der Waals surface area contributed by atoms with E-state index >= 15 is 0 Å². The lowest BCUT2D eigenvalue weighted by Gasteiger charge is -2.32. The van der Waals surface area contributed by atoms with Gasteiger partial charge in [-0.3, -0.25) is 14.5 Å². The molecule has 0 radical (unpaired) electrons.